The number of phenols is 1. The Morgan fingerprint density at radius 1 is 1.22 bits per heavy atom. The van der Waals surface area contributed by atoms with E-state index in [9.17, 15) is 9.90 Å². The third-order valence-corrected chi connectivity index (χ3v) is 5.08. The number of benzene rings is 2. The lowest BCUT2D eigenvalue weighted by molar-refractivity contribution is -0.131. The van der Waals surface area contributed by atoms with E-state index in [1.54, 1.807) is 12.1 Å². The quantitative estimate of drug-likeness (QED) is 0.767. The molecule has 0 fully saturated rings. The van der Waals surface area contributed by atoms with Crippen LogP contribution in [0.25, 0.3) is 6.08 Å². The third kappa shape index (κ3) is 4.40. The molecule has 0 spiro atoms. The van der Waals surface area contributed by atoms with Gasteiger partial charge in [-0.25, -0.2) is 4.79 Å². The van der Waals surface area contributed by atoms with Gasteiger partial charge in [0.05, 0.1) is 6.04 Å². The summed E-state index contributed by atoms with van der Waals surface area (Å²) in [7, 11) is 0. The van der Waals surface area contributed by atoms with E-state index in [0.717, 1.165) is 24.6 Å². The predicted octanol–water partition coefficient (Wildman–Crippen LogP) is 4.48. The number of phenolic OH excluding ortho intramolecular Hbond substituents is 1. The summed E-state index contributed by atoms with van der Waals surface area (Å²) in [4.78, 5) is 13.3. The fourth-order valence-corrected chi connectivity index (χ4v) is 3.94. The highest BCUT2D eigenvalue weighted by molar-refractivity contribution is 5.85. The minimum Gasteiger partial charge on any atom is -0.508 e. The first-order valence-electron chi connectivity index (χ1n) is 9.43. The van der Waals surface area contributed by atoms with Gasteiger partial charge in [-0.05, 0) is 59.7 Å². The van der Waals surface area contributed by atoms with Crippen molar-refractivity contribution in [2.75, 3.05) is 6.54 Å². The van der Waals surface area contributed by atoms with E-state index in [2.05, 4.69) is 37.8 Å². The Morgan fingerprint density at radius 3 is 2.56 bits per heavy atom. The fourth-order valence-electron chi connectivity index (χ4n) is 3.94. The molecular weight excluding hydrogens is 338 g/mol. The maximum atomic E-state index is 10.7. The van der Waals surface area contributed by atoms with E-state index in [4.69, 9.17) is 5.11 Å². The molecule has 2 aromatic carbocycles. The van der Waals surface area contributed by atoms with Crippen molar-refractivity contribution in [2.24, 2.45) is 5.92 Å². The Hall–Kier alpha value is -2.59. The van der Waals surface area contributed by atoms with Crippen molar-refractivity contribution < 1.29 is 15.0 Å². The number of aromatic hydroxyl groups is 1. The maximum Gasteiger partial charge on any atom is 0.328 e. The molecule has 2 N–H and O–H groups in total. The van der Waals surface area contributed by atoms with E-state index in [1.807, 2.05) is 24.3 Å². The molecule has 0 aromatic heterocycles. The average Bonchev–Trinajstić information content (AvgIpc) is 2.61. The Morgan fingerprint density at radius 2 is 1.93 bits per heavy atom. The van der Waals surface area contributed by atoms with Crippen LogP contribution in [0.5, 0.6) is 5.75 Å². The van der Waals surface area contributed by atoms with Crippen molar-refractivity contribution in [1.29, 1.82) is 0 Å². The Labute approximate surface area is 160 Å². The Balaban J connectivity index is 2.01. The number of fused-ring (bicyclic) bond motifs is 1. The van der Waals surface area contributed by atoms with Crippen molar-refractivity contribution in [2.45, 2.75) is 39.3 Å². The number of hydrogen-bond donors (Lipinski definition) is 2. The summed E-state index contributed by atoms with van der Waals surface area (Å²) in [6.07, 6.45) is 3.68. The van der Waals surface area contributed by atoms with E-state index in [-0.39, 0.29) is 6.04 Å². The van der Waals surface area contributed by atoms with Crippen LogP contribution in [-0.4, -0.2) is 33.7 Å². The molecule has 4 heteroatoms. The first-order chi connectivity index (χ1) is 12.8. The molecule has 27 heavy (non-hydrogen) atoms. The van der Waals surface area contributed by atoms with Crippen LogP contribution >= 0.6 is 0 Å². The summed E-state index contributed by atoms with van der Waals surface area (Å²) in [5.74, 6) is -0.0884. The zero-order chi connectivity index (χ0) is 19.6. The van der Waals surface area contributed by atoms with Crippen molar-refractivity contribution in [1.82, 2.24) is 4.90 Å². The highest BCUT2D eigenvalue weighted by Crippen LogP contribution is 2.39. The molecule has 0 aliphatic carbocycles. The van der Waals surface area contributed by atoms with Crippen LogP contribution in [0.15, 0.2) is 48.5 Å². The lowest BCUT2D eigenvalue weighted by Gasteiger charge is -2.43. The van der Waals surface area contributed by atoms with Gasteiger partial charge in [-0.2, -0.15) is 0 Å². The first kappa shape index (κ1) is 19.2. The lowest BCUT2D eigenvalue weighted by atomic mass is 9.84. The van der Waals surface area contributed by atoms with Gasteiger partial charge in [0, 0.05) is 18.7 Å². The summed E-state index contributed by atoms with van der Waals surface area (Å²) < 4.78 is 0. The SMILES string of the molecule is CC(C)CN1C(c2ccc(/C=C/C(=O)O)cc2)c2ccc(O)cc2C[C@H]1C. The number of carboxylic acids is 1. The van der Waals surface area contributed by atoms with Crippen molar-refractivity contribution in [3.63, 3.8) is 0 Å². The van der Waals surface area contributed by atoms with Crippen LogP contribution < -0.4 is 0 Å². The van der Waals surface area contributed by atoms with Gasteiger partial charge < -0.3 is 10.2 Å². The van der Waals surface area contributed by atoms with E-state index in [1.165, 1.54) is 16.7 Å². The number of rotatable bonds is 5. The van der Waals surface area contributed by atoms with Gasteiger partial charge in [0.1, 0.15) is 5.75 Å². The van der Waals surface area contributed by atoms with Crippen LogP contribution in [0.4, 0.5) is 0 Å². The van der Waals surface area contributed by atoms with Gasteiger partial charge in [0.25, 0.3) is 0 Å². The lowest BCUT2D eigenvalue weighted by Crippen LogP contribution is -2.44. The minimum absolute atomic E-state index is 0.129. The van der Waals surface area contributed by atoms with Crippen LogP contribution in [0.2, 0.25) is 0 Å². The second-order valence-electron chi connectivity index (χ2n) is 7.77. The average molecular weight is 365 g/mol. The number of carbonyl (C=O) groups is 1. The van der Waals surface area contributed by atoms with Gasteiger partial charge >= 0.3 is 5.97 Å². The number of aliphatic carboxylic acids is 1. The van der Waals surface area contributed by atoms with Crippen LogP contribution in [0.3, 0.4) is 0 Å². The minimum atomic E-state index is -0.947. The highest BCUT2D eigenvalue weighted by atomic mass is 16.4. The van der Waals surface area contributed by atoms with Crippen molar-refractivity contribution >= 4 is 12.0 Å². The molecule has 4 nitrogen and oxygen atoms in total. The highest BCUT2D eigenvalue weighted by Gasteiger charge is 2.33. The Kier molecular flexibility index (Phi) is 5.66. The molecule has 2 atom stereocenters. The molecule has 0 amide bonds. The molecule has 1 aliphatic heterocycles. The van der Waals surface area contributed by atoms with E-state index in [0.29, 0.717) is 17.7 Å². The number of nitrogens with zero attached hydrogens (tertiary/aromatic N) is 1. The Bertz CT molecular complexity index is 839. The normalized spacial score (nSPS) is 20.1. The van der Waals surface area contributed by atoms with Crippen LogP contribution in [0, 0.1) is 5.92 Å². The van der Waals surface area contributed by atoms with Gasteiger partial charge in [-0.1, -0.05) is 44.2 Å². The predicted molar refractivity (Wildman–Crippen MR) is 108 cm³/mol. The molecule has 1 unspecified atom stereocenters. The number of hydrogen-bond acceptors (Lipinski definition) is 3. The summed E-state index contributed by atoms with van der Waals surface area (Å²) in [6.45, 7) is 7.70. The molecule has 2 aromatic rings. The molecule has 1 aliphatic rings. The zero-order valence-electron chi connectivity index (χ0n) is 16.1. The summed E-state index contributed by atoms with van der Waals surface area (Å²) in [6, 6.07) is 14.3. The summed E-state index contributed by atoms with van der Waals surface area (Å²) in [5, 5.41) is 18.7. The topological polar surface area (TPSA) is 60.8 Å². The van der Waals surface area contributed by atoms with Crippen LogP contribution in [-0.2, 0) is 11.2 Å². The van der Waals surface area contributed by atoms with Gasteiger partial charge in [0.2, 0.25) is 0 Å². The molecule has 142 valence electrons. The van der Waals surface area contributed by atoms with Gasteiger partial charge in [-0.3, -0.25) is 4.90 Å². The first-order valence-corrected chi connectivity index (χ1v) is 9.43. The molecule has 3 rings (SSSR count). The molecular formula is C23H27NO3. The molecule has 0 saturated carbocycles. The molecule has 0 saturated heterocycles. The fraction of sp³-hybridized carbons (Fsp3) is 0.348. The second-order valence-corrected chi connectivity index (χ2v) is 7.77. The maximum absolute atomic E-state index is 10.7. The monoisotopic (exact) mass is 365 g/mol. The van der Waals surface area contributed by atoms with Crippen molar-refractivity contribution in [3.05, 3.63) is 70.8 Å². The van der Waals surface area contributed by atoms with Crippen LogP contribution in [0.1, 0.15) is 49.1 Å². The smallest absolute Gasteiger partial charge is 0.328 e. The molecule has 0 radical (unpaired) electrons. The van der Waals surface area contributed by atoms with E-state index >= 15 is 0 Å². The number of carboxylic acid groups (broad SMARTS) is 1. The molecule has 0 bridgehead atoms. The van der Waals surface area contributed by atoms with Crippen molar-refractivity contribution in [3.8, 4) is 5.75 Å². The molecule has 1 heterocycles. The van der Waals surface area contributed by atoms with Gasteiger partial charge in [0.15, 0.2) is 0 Å². The summed E-state index contributed by atoms with van der Waals surface area (Å²) >= 11 is 0. The third-order valence-electron chi connectivity index (χ3n) is 5.08. The van der Waals surface area contributed by atoms with Gasteiger partial charge in [-0.15, -0.1) is 0 Å². The zero-order valence-corrected chi connectivity index (χ0v) is 16.1. The van der Waals surface area contributed by atoms with E-state index < -0.39 is 5.97 Å². The second kappa shape index (κ2) is 7.97. The summed E-state index contributed by atoms with van der Waals surface area (Å²) in [5.41, 5.74) is 4.48. The standard InChI is InChI=1S/C23H27NO3/c1-15(2)14-24-16(3)12-19-13-20(25)9-10-21(19)23(24)18-7-4-17(5-8-18)6-11-22(26)27/h4-11,13,15-16,23,25H,12,14H2,1-3H3,(H,26,27)/b11-6+/t16-,23?/m1/s1. The largest absolute Gasteiger partial charge is 0.508 e.